The van der Waals surface area contributed by atoms with Gasteiger partial charge in [-0.3, -0.25) is 0 Å². The average molecular weight is 359 g/mol. The van der Waals surface area contributed by atoms with Gasteiger partial charge in [0.1, 0.15) is 0 Å². The van der Waals surface area contributed by atoms with Crippen LogP contribution in [-0.4, -0.2) is 53.7 Å². The highest BCUT2D eigenvalue weighted by Gasteiger charge is 2.36. The molecule has 0 radical (unpaired) electrons. The summed E-state index contributed by atoms with van der Waals surface area (Å²) in [6.45, 7) is 9.44. The minimum absolute atomic E-state index is 0.891. The first-order chi connectivity index (χ1) is 13.2. The van der Waals surface area contributed by atoms with Gasteiger partial charge in [0, 0.05) is 23.8 Å². The number of nitrogens with zero attached hydrogens (tertiary/aromatic N) is 4. The van der Waals surface area contributed by atoms with Crippen molar-refractivity contribution < 1.29 is 4.48 Å². The second-order valence-corrected chi connectivity index (χ2v) is 8.19. The van der Waals surface area contributed by atoms with Crippen molar-refractivity contribution in [1.29, 1.82) is 0 Å². The van der Waals surface area contributed by atoms with Crippen molar-refractivity contribution in [3.8, 4) is 11.3 Å². The summed E-state index contributed by atoms with van der Waals surface area (Å²) in [5.74, 6) is 0.891. The van der Waals surface area contributed by atoms with Gasteiger partial charge in [0.05, 0.1) is 50.5 Å². The number of rotatable bonds is 2. The molecule has 0 amide bonds. The van der Waals surface area contributed by atoms with Crippen LogP contribution in [0.3, 0.4) is 0 Å². The summed E-state index contributed by atoms with van der Waals surface area (Å²) in [5.41, 5.74) is 4.50. The average Bonchev–Trinajstić information content (AvgIpc) is 3.16. The smallest absolute Gasteiger partial charge is 0.226 e. The Morgan fingerprint density at radius 3 is 2.33 bits per heavy atom. The van der Waals surface area contributed by atoms with Gasteiger partial charge in [-0.1, -0.05) is 42.0 Å². The lowest BCUT2D eigenvalue weighted by molar-refractivity contribution is -0.917. The van der Waals surface area contributed by atoms with E-state index in [2.05, 4.69) is 60.4 Å². The van der Waals surface area contributed by atoms with Crippen molar-refractivity contribution in [3.05, 3.63) is 54.1 Å². The van der Waals surface area contributed by atoms with Crippen LogP contribution in [0.1, 0.15) is 18.4 Å². The summed E-state index contributed by atoms with van der Waals surface area (Å²) in [6.07, 6.45) is 2.79. The Bertz CT molecular complexity index is 951. The van der Waals surface area contributed by atoms with E-state index < -0.39 is 0 Å². The maximum Gasteiger partial charge on any atom is 0.226 e. The van der Waals surface area contributed by atoms with Gasteiger partial charge in [0.25, 0.3) is 0 Å². The summed E-state index contributed by atoms with van der Waals surface area (Å²) in [5, 5.41) is 1.14. The minimum atomic E-state index is 0.891. The van der Waals surface area contributed by atoms with Crippen LogP contribution in [0.4, 0.5) is 5.95 Å². The molecule has 2 aliphatic rings. The number of hydrogen-bond donors (Lipinski definition) is 0. The molecular formula is C23H27N4+. The van der Waals surface area contributed by atoms with E-state index in [1.165, 1.54) is 49.1 Å². The van der Waals surface area contributed by atoms with E-state index in [0.29, 0.717) is 0 Å². The molecule has 0 N–H and O–H groups in total. The number of aryl methyl sites for hydroxylation is 1. The first kappa shape index (κ1) is 16.7. The predicted octanol–water partition coefficient (Wildman–Crippen LogP) is 4.04. The molecule has 0 atom stereocenters. The summed E-state index contributed by atoms with van der Waals surface area (Å²) in [4.78, 5) is 12.4. The summed E-state index contributed by atoms with van der Waals surface area (Å²) in [7, 11) is 0. The SMILES string of the molecule is Cc1ccc2nc(N3CC[N+]4(CCCC4)CC3)nc(-c3ccccc3)c2c1. The van der Waals surface area contributed by atoms with E-state index in [1.807, 2.05) is 0 Å². The molecule has 0 aliphatic carbocycles. The Morgan fingerprint density at radius 2 is 1.59 bits per heavy atom. The van der Waals surface area contributed by atoms with Gasteiger partial charge in [-0.2, -0.15) is 0 Å². The number of fused-ring (bicyclic) bond motifs is 1. The first-order valence-electron chi connectivity index (χ1n) is 10.2. The molecule has 1 aromatic heterocycles. The second-order valence-electron chi connectivity index (χ2n) is 8.19. The molecule has 0 saturated carbocycles. The van der Waals surface area contributed by atoms with Gasteiger partial charge in [-0.25, -0.2) is 9.97 Å². The number of hydrogen-bond acceptors (Lipinski definition) is 3. The van der Waals surface area contributed by atoms with Crippen LogP contribution < -0.4 is 4.90 Å². The van der Waals surface area contributed by atoms with E-state index in [0.717, 1.165) is 41.2 Å². The van der Waals surface area contributed by atoms with Crippen molar-refractivity contribution in [1.82, 2.24) is 9.97 Å². The predicted molar refractivity (Wildman–Crippen MR) is 111 cm³/mol. The normalized spacial score (nSPS) is 19.1. The monoisotopic (exact) mass is 359 g/mol. The molecule has 3 heterocycles. The zero-order chi connectivity index (χ0) is 18.3. The van der Waals surface area contributed by atoms with Gasteiger partial charge in [-0.05, 0) is 19.1 Å². The molecule has 3 aromatic rings. The third kappa shape index (κ3) is 3.08. The Morgan fingerprint density at radius 1 is 0.852 bits per heavy atom. The first-order valence-corrected chi connectivity index (χ1v) is 10.2. The molecule has 4 nitrogen and oxygen atoms in total. The molecule has 2 aromatic carbocycles. The molecule has 0 bridgehead atoms. The molecule has 138 valence electrons. The van der Waals surface area contributed by atoms with Crippen LogP contribution in [0.2, 0.25) is 0 Å². The van der Waals surface area contributed by atoms with E-state index in [1.54, 1.807) is 0 Å². The van der Waals surface area contributed by atoms with Crippen molar-refractivity contribution in [2.45, 2.75) is 19.8 Å². The third-order valence-electron chi connectivity index (χ3n) is 6.37. The lowest BCUT2D eigenvalue weighted by Crippen LogP contribution is -2.58. The van der Waals surface area contributed by atoms with Crippen molar-refractivity contribution in [3.63, 3.8) is 0 Å². The van der Waals surface area contributed by atoms with E-state index in [9.17, 15) is 0 Å². The van der Waals surface area contributed by atoms with Crippen LogP contribution in [0, 0.1) is 6.92 Å². The quantitative estimate of drug-likeness (QED) is 0.647. The molecule has 27 heavy (non-hydrogen) atoms. The fourth-order valence-electron chi connectivity index (χ4n) is 4.73. The summed E-state index contributed by atoms with van der Waals surface area (Å²) >= 11 is 0. The van der Waals surface area contributed by atoms with Crippen molar-refractivity contribution in [2.24, 2.45) is 0 Å². The van der Waals surface area contributed by atoms with Crippen LogP contribution >= 0.6 is 0 Å². The van der Waals surface area contributed by atoms with Crippen molar-refractivity contribution in [2.75, 3.05) is 44.2 Å². The van der Waals surface area contributed by atoms with Crippen LogP contribution in [0.5, 0.6) is 0 Å². The molecule has 1 spiro atoms. The van der Waals surface area contributed by atoms with Crippen molar-refractivity contribution >= 4 is 16.9 Å². The Labute approximate surface area is 161 Å². The summed E-state index contributed by atoms with van der Waals surface area (Å²) in [6, 6.07) is 17.0. The molecule has 2 fully saturated rings. The lowest BCUT2D eigenvalue weighted by atomic mass is 10.0. The largest absolute Gasteiger partial charge is 0.329 e. The number of quaternary nitrogens is 1. The van der Waals surface area contributed by atoms with E-state index in [-0.39, 0.29) is 0 Å². The van der Waals surface area contributed by atoms with Crippen LogP contribution in [0.25, 0.3) is 22.2 Å². The Hall–Kier alpha value is -2.46. The molecule has 4 heteroatoms. The number of aromatic nitrogens is 2. The fourth-order valence-corrected chi connectivity index (χ4v) is 4.73. The molecule has 0 unspecified atom stereocenters. The third-order valence-corrected chi connectivity index (χ3v) is 6.37. The zero-order valence-corrected chi connectivity index (χ0v) is 16.1. The lowest BCUT2D eigenvalue weighted by Gasteiger charge is -2.42. The number of anilines is 1. The zero-order valence-electron chi connectivity index (χ0n) is 16.1. The number of benzene rings is 2. The maximum atomic E-state index is 5.06. The van der Waals surface area contributed by atoms with Gasteiger partial charge >= 0.3 is 0 Å². The topological polar surface area (TPSA) is 29.0 Å². The highest BCUT2D eigenvalue weighted by molar-refractivity contribution is 5.93. The fraction of sp³-hybridized carbons (Fsp3) is 0.391. The Balaban J connectivity index is 1.55. The van der Waals surface area contributed by atoms with Gasteiger partial charge < -0.3 is 9.38 Å². The maximum absolute atomic E-state index is 5.06. The highest BCUT2D eigenvalue weighted by atomic mass is 15.4. The molecule has 2 aliphatic heterocycles. The van der Waals surface area contributed by atoms with Gasteiger partial charge in [0.2, 0.25) is 5.95 Å². The van der Waals surface area contributed by atoms with Crippen LogP contribution in [0.15, 0.2) is 48.5 Å². The van der Waals surface area contributed by atoms with E-state index >= 15 is 0 Å². The highest BCUT2D eigenvalue weighted by Crippen LogP contribution is 2.30. The van der Waals surface area contributed by atoms with Gasteiger partial charge in [-0.15, -0.1) is 0 Å². The van der Waals surface area contributed by atoms with Crippen LogP contribution in [-0.2, 0) is 0 Å². The molecule has 5 rings (SSSR count). The van der Waals surface area contributed by atoms with Gasteiger partial charge in [0.15, 0.2) is 0 Å². The standard InChI is InChI=1S/C23H27N4/c1-18-9-10-21-20(17-18)22(19-7-3-2-4-8-19)25-23(24-21)26-11-15-27(16-12-26)13-5-6-14-27/h2-4,7-10,17H,5-6,11-16H2,1H3/q+1. The number of piperazine rings is 1. The Kier molecular flexibility index (Phi) is 4.09. The van der Waals surface area contributed by atoms with E-state index in [4.69, 9.17) is 9.97 Å². The molecular weight excluding hydrogens is 332 g/mol. The minimum Gasteiger partial charge on any atom is -0.329 e. The molecule has 2 saturated heterocycles. The summed E-state index contributed by atoms with van der Waals surface area (Å²) < 4.78 is 1.31. The second kappa shape index (κ2) is 6.61.